The summed E-state index contributed by atoms with van der Waals surface area (Å²) in [7, 11) is 0. The van der Waals surface area contributed by atoms with Gasteiger partial charge in [-0.25, -0.2) is 0 Å². The summed E-state index contributed by atoms with van der Waals surface area (Å²) in [5.74, 6) is 0.225. The van der Waals surface area contributed by atoms with E-state index in [2.05, 4.69) is 0 Å². The molecule has 13 heavy (non-hydrogen) atoms. The summed E-state index contributed by atoms with van der Waals surface area (Å²) in [6, 6.07) is 2.01. The molecule has 0 aromatic carbocycles. The average Bonchev–Trinajstić information content (AvgIpc) is 2.59. The van der Waals surface area contributed by atoms with Crippen LogP contribution in [0.1, 0.15) is 19.4 Å². The van der Waals surface area contributed by atoms with E-state index >= 15 is 0 Å². The zero-order valence-corrected chi connectivity index (χ0v) is 8.93. The van der Waals surface area contributed by atoms with Gasteiger partial charge in [0.2, 0.25) is 5.91 Å². The van der Waals surface area contributed by atoms with Gasteiger partial charge in [0.15, 0.2) is 0 Å². The average molecular weight is 197 g/mol. The van der Waals surface area contributed by atoms with Gasteiger partial charge in [0.25, 0.3) is 0 Å². The molecule has 3 heteroatoms. The first-order valence-corrected chi connectivity index (χ1v) is 5.51. The van der Waals surface area contributed by atoms with Crippen LogP contribution in [0.15, 0.2) is 16.8 Å². The van der Waals surface area contributed by atoms with Crippen LogP contribution in [0.2, 0.25) is 0 Å². The van der Waals surface area contributed by atoms with E-state index in [-0.39, 0.29) is 5.91 Å². The topological polar surface area (TPSA) is 20.3 Å². The molecule has 0 aliphatic heterocycles. The van der Waals surface area contributed by atoms with Crippen molar-refractivity contribution in [2.75, 3.05) is 13.1 Å². The zero-order valence-electron chi connectivity index (χ0n) is 8.12. The van der Waals surface area contributed by atoms with Crippen molar-refractivity contribution in [1.82, 2.24) is 4.90 Å². The third kappa shape index (κ3) is 2.84. The predicted molar refractivity (Wildman–Crippen MR) is 56.0 cm³/mol. The zero-order chi connectivity index (χ0) is 9.68. The third-order valence-electron chi connectivity index (χ3n) is 2.05. The molecule has 0 bridgehead atoms. The Bertz CT molecular complexity index is 252. The summed E-state index contributed by atoms with van der Waals surface area (Å²) < 4.78 is 0. The molecule has 0 aliphatic rings. The highest BCUT2D eigenvalue weighted by atomic mass is 32.1. The van der Waals surface area contributed by atoms with Gasteiger partial charge in [0.05, 0.1) is 6.42 Å². The fourth-order valence-electron chi connectivity index (χ4n) is 1.26. The highest BCUT2D eigenvalue weighted by Crippen LogP contribution is 2.08. The fraction of sp³-hybridized carbons (Fsp3) is 0.500. The summed E-state index contributed by atoms with van der Waals surface area (Å²) in [5, 5.41) is 4.03. The lowest BCUT2D eigenvalue weighted by atomic mass is 10.2. The number of amides is 1. The molecule has 0 saturated carbocycles. The highest BCUT2D eigenvalue weighted by Gasteiger charge is 2.09. The molecule has 72 valence electrons. The fourth-order valence-corrected chi connectivity index (χ4v) is 1.92. The number of likely N-dealkylation sites (N-methyl/N-ethyl adjacent to an activating group) is 1. The standard InChI is InChI=1S/C10H15NOS/c1-3-11(4-2)10(12)7-9-5-6-13-8-9/h5-6,8H,3-4,7H2,1-2H3. The molecule has 1 aromatic heterocycles. The second-order valence-electron chi connectivity index (χ2n) is 2.87. The Kier molecular flexibility index (Phi) is 3.96. The van der Waals surface area contributed by atoms with Crippen LogP contribution in [0, 0.1) is 0 Å². The van der Waals surface area contributed by atoms with Crippen molar-refractivity contribution in [2.45, 2.75) is 20.3 Å². The largest absolute Gasteiger partial charge is 0.343 e. The minimum absolute atomic E-state index is 0.225. The van der Waals surface area contributed by atoms with E-state index in [1.54, 1.807) is 11.3 Å². The SMILES string of the molecule is CCN(CC)C(=O)Cc1ccsc1. The van der Waals surface area contributed by atoms with Crippen molar-refractivity contribution in [3.05, 3.63) is 22.4 Å². The smallest absolute Gasteiger partial charge is 0.227 e. The summed E-state index contributed by atoms with van der Waals surface area (Å²) in [6.45, 7) is 5.63. The Hall–Kier alpha value is -0.830. The van der Waals surface area contributed by atoms with Crippen LogP contribution in [0.25, 0.3) is 0 Å². The molecular formula is C10H15NOS. The van der Waals surface area contributed by atoms with Gasteiger partial charge in [-0.1, -0.05) is 0 Å². The second kappa shape index (κ2) is 5.02. The van der Waals surface area contributed by atoms with Crippen molar-refractivity contribution in [1.29, 1.82) is 0 Å². The molecule has 1 heterocycles. The van der Waals surface area contributed by atoms with Crippen LogP contribution in [0.3, 0.4) is 0 Å². The molecule has 0 N–H and O–H groups in total. The van der Waals surface area contributed by atoms with Crippen LogP contribution >= 0.6 is 11.3 Å². The van der Waals surface area contributed by atoms with Gasteiger partial charge in [-0.2, -0.15) is 11.3 Å². The predicted octanol–water partition coefficient (Wildman–Crippen LogP) is 2.16. The number of hydrogen-bond acceptors (Lipinski definition) is 2. The number of nitrogens with zero attached hydrogens (tertiary/aromatic N) is 1. The van der Waals surface area contributed by atoms with E-state index in [0.29, 0.717) is 6.42 Å². The van der Waals surface area contributed by atoms with Gasteiger partial charge in [-0.3, -0.25) is 4.79 Å². The van der Waals surface area contributed by atoms with Gasteiger partial charge < -0.3 is 4.90 Å². The molecular weight excluding hydrogens is 182 g/mol. The molecule has 0 fully saturated rings. The van der Waals surface area contributed by atoms with Gasteiger partial charge in [0, 0.05) is 13.1 Å². The van der Waals surface area contributed by atoms with Crippen LogP contribution in [-0.4, -0.2) is 23.9 Å². The van der Waals surface area contributed by atoms with Crippen LogP contribution in [0.5, 0.6) is 0 Å². The van der Waals surface area contributed by atoms with E-state index in [0.717, 1.165) is 18.7 Å². The lowest BCUT2D eigenvalue weighted by Gasteiger charge is -2.17. The van der Waals surface area contributed by atoms with E-state index in [1.165, 1.54) is 0 Å². The Morgan fingerprint density at radius 3 is 2.62 bits per heavy atom. The van der Waals surface area contributed by atoms with Gasteiger partial charge in [0.1, 0.15) is 0 Å². The first kappa shape index (κ1) is 10.3. The van der Waals surface area contributed by atoms with E-state index < -0.39 is 0 Å². The molecule has 0 atom stereocenters. The van der Waals surface area contributed by atoms with Gasteiger partial charge in [-0.05, 0) is 36.2 Å². The molecule has 1 aromatic rings. The van der Waals surface area contributed by atoms with Crippen molar-refractivity contribution in [3.8, 4) is 0 Å². The lowest BCUT2D eigenvalue weighted by molar-refractivity contribution is -0.130. The van der Waals surface area contributed by atoms with Crippen molar-refractivity contribution in [2.24, 2.45) is 0 Å². The normalized spacial score (nSPS) is 10.0. The van der Waals surface area contributed by atoms with Crippen LogP contribution in [-0.2, 0) is 11.2 Å². The third-order valence-corrected chi connectivity index (χ3v) is 2.78. The van der Waals surface area contributed by atoms with Gasteiger partial charge in [-0.15, -0.1) is 0 Å². The van der Waals surface area contributed by atoms with E-state index in [4.69, 9.17) is 0 Å². The summed E-state index contributed by atoms with van der Waals surface area (Å²) in [4.78, 5) is 13.5. The number of thiophene rings is 1. The Labute approximate surface area is 83.2 Å². The monoisotopic (exact) mass is 197 g/mol. The molecule has 1 amide bonds. The molecule has 0 aliphatic carbocycles. The van der Waals surface area contributed by atoms with E-state index in [1.807, 2.05) is 35.6 Å². The number of carbonyl (C=O) groups excluding carboxylic acids is 1. The maximum atomic E-state index is 11.6. The first-order valence-electron chi connectivity index (χ1n) is 4.56. The first-order chi connectivity index (χ1) is 6.27. The Morgan fingerprint density at radius 1 is 1.46 bits per heavy atom. The van der Waals surface area contributed by atoms with Crippen LogP contribution < -0.4 is 0 Å². The lowest BCUT2D eigenvalue weighted by Crippen LogP contribution is -2.31. The second-order valence-corrected chi connectivity index (χ2v) is 3.65. The summed E-state index contributed by atoms with van der Waals surface area (Å²) in [6.07, 6.45) is 0.547. The maximum absolute atomic E-state index is 11.6. The molecule has 0 spiro atoms. The molecule has 2 nitrogen and oxygen atoms in total. The van der Waals surface area contributed by atoms with Crippen LogP contribution in [0.4, 0.5) is 0 Å². The molecule has 0 unspecified atom stereocenters. The highest BCUT2D eigenvalue weighted by molar-refractivity contribution is 7.07. The summed E-state index contributed by atoms with van der Waals surface area (Å²) >= 11 is 1.64. The number of carbonyl (C=O) groups is 1. The summed E-state index contributed by atoms with van der Waals surface area (Å²) in [5.41, 5.74) is 1.13. The quantitative estimate of drug-likeness (QED) is 0.724. The molecule has 0 saturated heterocycles. The Morgan fingerprint density at radius 2 is 2.15 bits per heavy atom. The molecule has 1 rings (SSSR count). The number of rotatable bonds is 4. The van der Waals surface area contributed by atoms with E-state index in [9.17, 15) is 4.79 Å². The molecule has 0 radical (unpaired) electrons. The van der Waals surface area contributed by atoms with Crippen molar-refractivity contribution in [3.63, 3.8) is 0 Å². The van der Waals surface area contributed by atoms with Gasteiger partial charge >= 0.3 is 0 Å². The maximum Gasteiger partial charge on any atom is 0.227 e. The Balaban J connectivity index is 2.49. The van der Waals surface area contributed by atoms with Crippen molar-refractivity contribution < 1.29 is 4.79 Å². The number of hydrogen-bond donors (Lipinski definition) is 0. The van der Waals surface area contributed by atoms with Crippen molar-refractivity contribution >= 4 is 17.2 Å². The minimum atomic E-state index is 0.225. The minimum Gasteiger partial charge on any atom is -0.343 e.